The fraction of sp³-hybridized carbons (Fsp3) is 0.143. The molecule has 2 atom stereocenters. The van der Waals surface area contributed by atoms with Crippen molar-refractivity contribution in [2.24, 2.45) is 20.5 Å². The molecule has 0 bridgehead atoms. The Kier molecular flexibility index (Phi) is 15.9. The SMILES string of the molecule is CC(=O)C(Nc1cc(Cl)c(NC(C(C)=O)C(=O)/N=N/c2cc(C(=O)Nc3cc(Cl)ccc3C)ccc2Cl)cc1Cl)C(=O)/N=N/c1cc(C(=O)Nc2cc(Cl)ccc2C)ccc1Cl. The highest BCUT2D eigenvalue weighted by Gasteiger charge is 2.27. The maximum absolute atomic E-state index is 13.2. The molecule has 0 aliphatic rings. The highest BCUT2D eigenvalue weighted by atomic mass is 35.5. The summed E-state index contributed by atoms with van der Waals surface area (Å²) in [6, 6.07) is 17.6. The van der Waals surface area contributed by atoms with Crippen molar-refractivity contribution in [2.45, 2.75) is 39.8 Å². The molecular formula is C42H32Cl6N8O6. The molecule has 20 heteroatoms. The van der Waals surface area contributed by atoms with Crippen LogP contribution in [-0.2, 0) is 19.2 Å². The Bertz CT molecular complexity index is 2530. The van der Waals surface area contributed by atoms with E-state index < -0.39 is 47.3 Å². The number of hydrogen-bond acceptors (Lipinski definition) is 10. The average Bonchev–Trinajstić information content (AvgIpc) is 3.21. The van der Waals surface area contributed by atoms with Gasteiger partial charge in [0.1, 0.15) is 11.4 Å². The highest BCUT2D eigenvalue weighted by Crippen LogP contribution is 2.35. The lowest BCUT2D eigenvalue weighted by atomic mass is 10.1. The van der Waals surface area contributed by atoms with Crippen LogP contribution in [0.2, 0.25) is 30.1 Å². The molecule has 0 saturated carbocycles. The lowest BCUT2D eigenvalue weighted by molar-refractivity contribution is -0.128. The molecule has 0 fully saturated rings. The van der Waals surface area contributed by atoms with Crippen LogP contribution in [0.15, 0.2) is 105 Å². The number of azo groups is 2. The topological polar surface area (TPSA) is 200 Å². The number of rotatable bonds is 14. The predicted molar refractivity (Wildman–Crippen MR) is 243 cm³/mol. The number of nitrogens with zero attached hydrogens (tertiary/aromatic N) is 4. The van der Waals surface area contributed by atoms with Gasteiger partial charge in [0.15, 0.2) is 23.7 Å². The second kappa shape index (κ2) is 20.9. The standard InChI is InChI=1S/C42H32Cl6N8O6/c1-19-5-9-25(43)15-31(19)51-39(59)23-7-11-27(45)35(13-23)53-55-41(61)37(21(3)57)49-33-17-30(48)34(18-29(33)47)50-38(22(4)58)42(62)56-54-36-14-24(8-12-28(36)46)40(60)52-32-16-26(44)10-6-20(32)2/h5-18,37-38,49-50H,1-4H3,(H,51,59)(H,52,60)/b55-53+,56-54+. The van der Waals surface area contributed by atoms with E-state index in [0.717, 1.165) is 25.0 Å². The van der Waals surface area contributed by atoms with E-state index in [1.165, 1.54) is 48.5 Å². The number of amides is 4. The summed E-state index contributed by atoms with van der Waals surface area (Å²) in [4.78, 5) is 77.7. The summed E-state index contributed by atoms with van der Waals surface area (Å²) in [6.07, 6.45) is 0. The van der Waals surface area contributed by atoms with Crippen LogP contribution >= 0.6 is 69.6 Å². The number of nitrogens with one attached hydrogen (secondary N) is 4. The first-order valence-electron chi connectivity index (χ1n) is 18.0. The molecule has 0 aliphatic carbocycles. The molecule has 5 rings (SSSR count). The molecule has 14 nitrogen and oxygen atoms in total. The van der Waals surface area contributed by atoms with E-state index in [1.807, 2.05) is 0 Å². The number of hydrogen-bond donors (Lipinski definition) is 4. The zero-order valence-corrected chi connectivity index (χ0v) is 37.3. The quantitative estimate of drug-likeness (QED) is 0.0622. The molecule has 5 aromatic carbocycles. The molecule has 0 heterocycles. The van der Waals surface area contributed by atoms with Crippen LogP contribution in [0, 0.1) is 13.8 Å². The number of Topliss-reactive ketones (excluding diaryl/α,β-unsaturated/α-hetero) is 2. The van der Waals surface area contributed by atoms with Gasteiger partial charge in [-0.25, -0.2) is 0 Å². The fourth-order valence-corrected chi connectivity index (χ4v) is 6.47. The number of carbonyl (C=O) groups excluding carboxylic acids is 6. The van der Waals surface area contributed by atoms with E-state index in [2.05, 4.69) is 41.7 Å². The molecule has 318 valence electrons. The Hall–Kier alpha value is -5.74. The second-order valence-corrected chi connectivity index (χ2v) is 15.9. The van der Waals surface area contributed by atoms with Crippen molar-refractivity contribution in [1.82, 2.24) is 0 Å². The third kappa shape index (κ3) is 12.2. The molecule has 62 heavy (non-hydrogen) atoms. The Balaban J connectivity index is 1.28. The Morgan fingerprint density at radius 3 is 1.19 bits per heavy atom. The van der Waals surface area contributed by atoms with Gasteiger partial charge in [0, 0.05) is 32.5 Å². The van der Waals surface area contributed by atoms with Crippen molar-refractivity contribution in [3.63, 3.8) is 0 Å². The molecular weight excluding hydrogens is 925 g/mol. The van der Waals surface area contributed by atoms with E-state index in [1.54, 1.807) is 50.2 Å². The summed E-state index contributed by atoms with van der Waals surface area (Å²) < 4.78 is 0. The molecule has 0 aliphatic heterocycles. The normalized spacial score (nSPS) is 12.2. The summed E-state index contributed by atoms with van der Waals surface area (Å²) in [7, 11) is 0. The molecule has 4 N–H and O–H groups in total. The lowest BCUT2D eigenvalue weighted by Gasteiger charge is -2.18. The Morgan fingerprint density at radius 2 is 0.839 bits per heavy atom. The van der Waals surface area contributed by atoms with Gasteiger partial charge in [0.25, 0.3) is 23.6 Å². The first-order valence-corrected chi connectivity index (χ1v) is 20.3. The van der Waals surface area contributed by atoms with E-state index in [-0.39, 0.29) is 54.0 Å². The van der Waals surface area contributed by atoms with Crippen molar-refractivity contribution in [1.29, 1.82) is 0 Å². The minimum absolute atomic E-state index is 0.00782. The van der Waals surface area contributed by atoms with Gasteiger partial charge < -0.3 is 21.3 Å². The van der Waals surface area contributed by atoms with Gasteiger partial charge in [0.2, 0.25) is 0 Å². The smallest absolute Gasteiger partial charge is 0.294 e. The zero-order chi connectivity index (χ0) is 45.4. The monoisotopic (exact) mass is 954 g/mol. The van der Waals surface area contributed by atoms with Gasteiger partial charge in [-0.2, -0.15) is 0 Å². The van der Waals surface area contributed by atoms with Gasteiger partial charge in [-0.05, 0) is 112 Å². The summed E-state index contributed by atoms with van der Waals surface area (Å²) in [5, 5.41) is 26.8. The summed E-state index contributed by atoms with van der Waals surface area (Å²) in [5.41, 5.74) is 2.75. The van der Waals surface area contributed by atoms with Crippen LogP contribution in [0.3, 0.4) is 0 Å². The van der Waals surface area contributed by atoms with Gasteiger partial charge in [-0.1, -0.05) is 81.7 Å². The Morgan fingerprint density at radius 1 is 0.468 bits per heavy atom. The van der Waals surface area contributed by atoms with Crippen LogP contribution in [0.4, 0.5) is 34.1 Å². The molecule has 0 saturated heterocycles. The van der Waals surface area contributed by atoms with Crippen molar-refractivity contribution in [3.05, 3.63) is 137 Å². The van der Waals surface area contributed by atoms with E-state index in [0.29, 0.717) is 21.4 Å². The maximum Gasteiger partial charge on any atom is 0.294 e. The minimum atomic E-state index is -1.61. The minimum Gasteiger partial charge on any atom is -0.366 e. The molecule has 0 radical (unpaired) electrons. The first kappa shape index (κ1) is 47.3. The van der Waals surface area contributed by atoms with Gasteiger partial charge >= 0.3 is 0 Å². The van der Waals surface area contributed by atoms with Crippen molar-refractivity contribution in [3.8, 4) is 0 Å². The number of halogens is 6. The lowest BCUT2D eigenvalue weighted by Crippen LogP contribution is -2.35. The van der Waals surface area contributed by atoms with E-state index in [9.17, 15) is 28.8 Å². The summed E-state index contributed by atoms with van der Waals surface area (Å²) in [5.74, 6) is -4.44. The summed E-state index contributed by atoms with van der Waals surface area (Å²) >= 11 is 37.7. The molecule has 2 unspecified atom stereocenters. The molecule has 5 aromatic rings. The van der Waals surface area contributed by atoms with Crippen molar-refractivity contribution in [2.75, 3.05) is 21.3 Å². The third-order valence-corrected chi connectivity index (χ3v) is 10.5. The fourth-order valence-electron chi connectivity index (χ4n) is 5.38. The van der Waals surface area contributed by atoms with Crippen LogP contribution in [0.5, 0.6) is 0 Å². The van der Waals surface area contributed by atoms with Crippen molar-refractivity contribution < 1.29 is 28.8 Å². The van der Waals surface area contributed by atoms with E-state index in [4.69, 9.17) is 69.6 Å². The van der Waals surface area contributed by atoms with Crippen LogP contribution in [-0.4, -0.2) is 47.3 Å². The Labute approximate surface area is 384 Å². The third-order valence-electron chi connectivity index (χ3n) is 8.79. The second-order valence-electron chi connectivity index (χ2n) is 13.4. The van der Waals surface area contributed by atoms with E-state index >= 15 is 0 Å². The van der Waals surface area contributed by atoms with Crippen LogP contribution in [0.1, 0.15) is 45.7 Å². The van der Waals surface area contributed by atoms with Gasteiger partial charge in [-0.15, -0.1) is 20.5 Å². The zero-order valence-electron chi connectivity index (χ0n) is 32.7. The van der Waals surface area contributed by atoms with Crippen LogP contribution < -0.4 is 21.3 Å². The number of aryl methyl sites for hydroxylation is 2. The molecule has 0 spiro atoms. The highest BCUT2D eigenvalue weighted by molar-refractivity contribution is 6.38. The molecule has 4 amide bonds. The predicted octanol–water partition coefficient (Wildman–Crippen LogP) is 12.1. The largest absolute Gasteiger partial charge is 0.366 e. The summed E-state index contributed by atoms with van der Waals surface area (Å²) in [6.45, 7) is 5.85. The molecule has 0 aromatic heterocycles. The van der Waals surface area contributed by atoms with Crippen LogP contribution in [0.25, 0.3) is 0 Å². The number of anilines is 4. The first-order chi connectivity index (χ1) is 29.3. The number of ketones is 2. The van der Waals surface area contributed by atoms with Gasteiger partial charge in [-0.3, -0.25) is 28.8 Å². The number of benzene rings is 5. The maximum atomic E-state index is 13.2. The van der Waals surface area contributed by atoms with Gasteiger partial charge in [0.05, 0.1) is 31.5 Å². The van der Waals surface area contributed by atoms with Crippen molar-refractivity contribution >= 4 is 139 Å². The average molecular weight is 957 g/mol. The number of carbonyl (C=O) groups is 6.